The third-order valence-corrected chi connectivity index (χ3v) is 6.05. The molecule has 3 amide bonds. The van der Waals surface area contributed by atoms with Gasteiger partial charge in [-0.3, -0.25) is 14.6 Å². The Morgan fingerprint density at radius 2 is 1.94 bits per heavy atom. The number of nitriles is 1. The van der Waals surface area contributed by atoms with E-state index in [-0.39, 0.29) is 30.2 Å². The zero-order chi connectivity index (χ0) is 22.7. The Balaban J connectivity index is 1.45. The number of amides is 3. The van der Waals surface area contributed by atoms with Crippen LogP contribution in [0.15, 0.2) is 36.4 Å². The predicted octanol–water partition coefficient (Wildman–Crippen LogP) is 3.41. The average Bonchev–Trinajstić information content (AvgIpc) is 3.08. The number of nitrogens with zero attached hydrogens (tertiary/aromatic N) is 5. The van der Waals surface area contributed by atoms with Gasteiger partial charge in [-0.15, -0.1) is 0 Å². The van der Waals surface area contributed by atoms with Gasteiger partial charge in [-0.05, 0) is 44.0 Å². The van der Waals surface area contributed by atoms with Crippen molar-refractivity contribution >= 4 is 11.9 Å². The lowest BCUT2D eigenvalue weighted by atomic mass is 9.99. The van der Waals surface area contributed by atoms with Crippen LogP contribution in [0.1, 0.15) is 31.0 Å². The highest BCUT2D eigenvalue weighted by atomic mass is 19.1. The monoisotopic (exact) mass is 435 g/mol. The van der Waals surface area contributed by atoms with Crippen LogP contribution in [0.4, 0.5) is 9.18 Å². The second-order valence-corrected chi connectivity index (χ2v) is 8.30. The average molecular weight is 436 g/mol. The summed E-state index contributed by atoms with van der Waals surface area (Å²) in [5.74, 6) is -0.529. The molecular weight excluding hydrogens is 409 g/mol. The number of aromatic nitrogens is 1. The standard InChI is InChI=1S/C24H26FN5O2/c1-2-30-23(31)16-29(24(30)32)14-17-5-7-19(8-6-17)21-10-9-20(25)22(27-21)15-28-11-3-4-18(12-26)13-28/h5-10,18H,2-4,11,13-16H2,1H3. The molecule has 0 aliphatic carbocycles. The van der Waals surface area contributed by atoms with Crippen molar-refractivity contribution < 1.29 is 14.0 Å². The number of likely N-dealkylation sites (N-methyl/N-ethyl adjacent to an activating group) is 1. The molecule has 0 spiro atoms. The first-order valence-corrected chi connectivity index (χ1v) is 10.9. The minimum absolute atomic E-state index is 0.00951. The molecule has 2 aromatic rings. The molecule has 166 valence electrons. The van der Waals surface area contributed by atoms with Crippen molar-refractivity contribution in [3.8, 4) is 17.3 Å². The number of hydrogen-bond acceptors (Lipinski definition) is 5. The fraction of sp³-hybridized carbons (Fsp3) is 0.417. The molecule has 2 fully saturated rings. The molecule has 8 heteroatoms. The van der Waals surface area contributed by atoms with E-state index in [9.17, 15) is 19.2 Å². The molecule has 0 radical (unpaired) electrons. The quantitative estimate of drug-likeness (QED) is 0.650. The molecule has 0 saturated carbocycles. The number of rotatable bonds is 6. The van der Waals surface area contributed by atoms with Crippen molar-refractivity contribution in [2.45, 2.75) is 32.9 Å². The summed E-state index contributed by atoms with van der Waals surface area (Å²) < 4.78 is 14.4. The van der Waals surface area contributed by atoms with Crippen LogP contribution >= 0.6 is 0 Å². The SMILES string of the molecule is CCN1C(=O)CN(Cc2ccc(-c3ccc(F)c(CN4CCCC(C#N)C4)n3)cc2)C1=O. The Hall–Kier alpha value is -3.31. The number of halogens is 1. The Labute approximate surface area is 187 Å². The summed E-state index contributed by atoms with van der Waals surface area (Å²) in [5, 5.41) is 9.18. The van der Waals surface area contributed by atoms with Gasteiger partial charge in [0.2, 0.25) is 5.91 Å². The smallest absolute Gasteiger partial charge is 0.311 e. The Kier molecular flexibility index (Phi) is 6.47. The summed E-state index contributed by atoms with van der Waals surface area (Å²) in [7, 11) is 0. The Bertz CT molecular complexity index is 1050. The third kappa shape index (κ3) is 4.63. The van der Waals surface area contributed by atoms with E-state index in [1.54, 1.807) is 13.0 Å². The maximum Gasteiger partial charge on any atom is 0.327 e. The molecule has 0 N–H and O–H groups in total. The number of imide groups is 1. The molecule has 2 aliphatic rings. The van der Waals surface area contributed by atoms with Crippen LogP contribution in [0.5, 0.6) is 0 Å². The minimum atomic E-state index is -0.345. The Morgan fingerprint density at radius 3 is 2.62 bits per heavy atom. The normalized spacial score (nSPS) is 19.5. The van der Waals surface area contributed by atoms with Gasteiger partial charge in [-0.25, -0.2) is 14.2 Å². The Morgan fingerprint density at radius 1 is 1.16 bits per heavy atom. The molecule has 2 aliphatic heterocycles. The second-order valence-electron chi connectivity index (χ2n) is 8.30. The molecular formula is C24H26FN5O2. The van der Waals surface area contributed by atoms with Crippen LogP contribution < -0.4 is 0 Å². The summed E-state index contributed by atoms with van der Waals surface area (Å²) in [6.07, 6.45) is 1.82. The van der Waals surface area contributed by atoms with E-state index in [0.29, 0.717) is 37.6 Å². The van der Waals surface area contributed by atoms with Crippen LogP contribution in [-0.4, -0.2) is 57.8 Å². The summed E-state index contributed by atoms with van der Waals surface area (Å²) in [6.45, 7) is 4.48. The lowest BCUT2D eigenvalue weighted by Crippen LogP contribution is -2.34. The lowest BCUT2D eigenvalue weighted by Gasteiger charge is -2.29. The first-order valence-electron chi connectivity index (χ1n) is 10.9. The van der Waals surface area contributed by atoms with Gasteiger partial charge in [-0.2, -0.15) is 5.26 Å². The zero-order valence-corrected chi connectivity index (χ0v) is 18.1. The van der Waals surface area contributed by atoms with E-state index in [0.717, 1.165) is 30.5 Å². The molecule has 1 aromatic carbocycles. The number of likely N-dealkylation sites (tertiary alicyclic amines) is 1. The zero-order valence-electron chi connectivity index (χ0n) is 18.1. The first-order chi connectivity index (χ1) is 15.5. The summed E-state index contributed by atoms with van der Waals surface area (Å²) in [6, 6.07) is 12.7. The predicted molar refractivity (Wildman–Crippen MR) is 116 cm³/mol. The van der Waals surface area contributed by atoms with Gasteiger partial charge >= 0.3 is 6.03 Å². The van der Waals surface area contributed by atoms with Gasteiger partial charge in [0.05, 0.1) is 23.4 Å². The van der Waals surface area contributed by atoms with Crippen molar-refractivity contribution in [2.75, 3.05) is 26.2 Å². The largest absolute Gasteiger partial charge is 0.327 e. The summed E-state index contributed by atoms with van der Waals surface area (Å²) >= 11 is 0. The van der Waals surface area contributed by atoms with Gasteiger partial charge in [0.25, 0.3) is 0 Å². The molecule has 3 heterocycles. The van der Waals surface area contributed by atoms with Gasteiger partial charge in [0.15, 0.2) is 0 Å². The molecule has 4 rings (SSSR count). The van der Waals surface area contributed by atoms with Crippen LogP contribution in [0.25, 0.3) is 11.3 Å². The van der Waals surface area contributed by atoms with Crippen LogP contribution in [0, 0.1) is 23.1 Å². The van der Waals surface area contributed by atoms with Gasteiger partial charge in [0.1, 0.15) is 12.4 Å². The van der Waals surface area contributed by atoms with E-state index in [2.05, 4.69) is 16.0 Å². The number of urea groups is 1. The van der Waals surface area contributed by atoms with Crippen molar-refractivity contribution in [3.05, 3.63) is 53.5 Å². The number of benzene rings is 1. The number of hydrogen-bond donors (Lipinski definition) is 0. The highest BCUT2D eigenvalue weighted by Gasteiger charge is 2.34. The first kappa shape index (κ1) is 21.9. The molecule has 0 bridgehead atoms. The van der Waals surface area contributed by atoms with Crippen molar-refractivity contribution in [2.24, 2.45) is 5.92 Å². The summed E-state index contributed by atoms with van der Waals surface area (Å²) in [4.78, 5) is 33.6. The number of carbonyl (C=O) groups excluding carboxylic acids is 2. The third-order valence-electron chi connectivity index (χ3n) is 6.05. The van der Waals surface area contributed by atoms with Crippen molar-refractivity contribution in [1.82, 2.24) is 19.7 Å². The molecule has 32 heavy (non-hydrogen) atoms. The molecule has 1 aromatic heterocycles. The molecule has 1 atom stereocenters. The number of carbonyl (C=O) groups is 2. The van der Waals surface area contributed by atoms with E-state index in [1.165, 1.54) is 15.9 Å². The van der Waals surface area contributed by atoms with Gasteiger partial charge in [-0.1, -0.05) is 24.3 Å². The van der Waals surface area contributed by atoms with Gasteiger partial charge < -0.3 is 4.90 Å². The number of piperidine rings is 1. The second kappa shape index (κ2) is 9.45. The van der Waals surface area contributed by atoms with E-state index in [4.69, 9.17) is 0 Å². The van der Waals surface area contributed by atoms with Crippen molar-refractivity contribution in [3.63, 3.8) is 0 Å². The molecule has 7 nitrogen and oxygen atoms in total. The highest BCUT2D eigenvalue weighted by molar-refractivity contribution is 6.01. The van der Waals surface area contributed by atoms with E-state index in [1.807, 2.05) is 24.3 Å². The molecule has 1 unspecified atom stereocenters. The fourth-order valence-electron chi connectivity index (χ4n) is 4.30. The van der Waals surface area contributed by atoms with Gasteiger partial charge in [0, 0.05) is 31.7 Å². The topological polar surface area (TPSA) is 80.5 Å². The van der Waals surface area contributed by atoms with E-state index < -0.39 is 0 Å². The van der Waals surface area contributed by atoms with Crippen LogP contribution in [-0.2, 0) is 17.9 Å². The highest BCUT2D eigenvalue weighted by Crippen LogP contribution is 2.23. The van der Waals surface area contributed by atoms with Crippen LogP contribution in [0.2, 0.25) is 0 Å². The minimum Gasteiger partial charge on any atom is -0.311 e. The fourth-order valence-corrected chi connectivity index (χ4v) is 4.30. The van der Waals surface area contributed by atoms with Crippen LogP contribution in [0.3, 0.4) is 0 Å². The maximum absolute atomic E-state index is 14.4. The lowest BCUT2D eigenvalue weighted by molar-refractivity contribution is -0.125. The number of pyridine rings is 1. The van der Waals surface area contributed by atoms with E-state index >= 15 is 0 Å². The molecule has 2 saturated heterocycles. The summed E-state index contributed by atoms with van der Waals surface area (Å²) in [5.41, 5.74) is 2.81. The maximum atomic E-state index is 14.4. The van der Waals surface area contributed by atoms with Crippen molar-refractivity contribution in [1.29, 1.82) is 5.26 Å².